The van der Waals surface area contributed by atoms with E-state index in [0.29, 0.717) is 32.5 Å². The van der Waals surface area contributed by atoms with Gasteiger partial charge in [-0.25, -0.2) is 5.43 Å². The van der Waals surface area contributed by atoms with Gasteiger partial charge in [0.15, 0.2) is 0 Å². The third-order valence-corrected chi connectivity index (χ3v) is 6.38. The van der Waals surface area contributed by atoms with Gasteiger partial charge in [0.2, 0.25) is 12.3 Å². The number of rotatable bonds is 13. The Morgan fingerprint density at radius 2 is 2.06 bits per heavy atom. The fourth-order valence-electron chi connectivity index (χ4n) is 3.92. The number of aliphatic hydroxyl groups excluding tert-OH is 1. The van der Waals surface area contributed by atoms with Crippen molar-refractivity contribution in [1.29, 1.82) is 0 Å². The zero-order chi connectivity index (χ0) is 26.3. The zero-order valence-electron chi connectivity index (χ0n) is 21.7. The van der Waals surface area contributed by atoms with Gasteiger partial charge in [-0.15, -0.1) is 6.42 Å². The van der Waals surface area contributed by atoms with E-state index < -0.39 is 12.1 Å². The molecule has 0 bridgehead atoms. The van der Waals surface area contributed by atoms with Crippen LogP contribution in [0.4, 0.5) is 0 Å². The van der Waals surface area contributed by atoms with Gasteiger partial charge in [0, 0.05) is 38.3 Å². The highest BCUT2D eigenvalue weighted by atomic mass is 16.3. The maximum absolute atomic E-state index is 12.7. The number of likely N-dealkylation sites (tertiary alicyclic amines) is 1. The number of nitrogens with two attached hydrogens (primary N) is 1. The number of carbonyl (C=O) groups is 2. The Morgan fingerprint density at radius 3 is 2.54 bits per heavy atom. The van der Waals surface area contributed by atoms with E-state index in [1.54, 1.807) is 4.90 Å². The number of terminal acetylenes is 1. The summed E-state index contributed by atoms with van der Waals surface area (Å²) in [5.74, 6) is 8.21. The van der Waals surface area contributed by atoms with Crippen LogP contribution in [0.1, 0.15) is 44.7 Å². The minimum Gasteiger partial charge on any atom is -0.391 e. The molecule has 2 amide bonds. The van der Waals surface area contributed by atoms with Crippen LogP contribution in [0.15, 0.2) is 24.3 Å². The number of β-amino-alcohol motifs (C(OH)–C–C–N with tert-alkyl or cyclic N) is 1. The molecule has 1 saturated heterocycles. The summed E-state index contributed by atoms with van der Waals surface area (Å²) in [5.41, 5.74) is 4.35. The molecular formula is C26H44N6O3. The summed E-state index contributed by atoms with van der Waals surface area (Å²) in [6, 6.07) is 7.05. The Kier molecular flexibility index (Phi) is 14.2. The van der Waals surface area contributed by atoms with Crippen LogP contribution in [-0.4, -0.2) is 85.7 Å². The number of benzene rings is 1. The molecule has 0 spiro atoms. The highest BCUT2D eigenvalue weighted by molar-refractivity contribution is 5.83. The second kappa shape index (κ2) is 16.2. The molecule has 1 fully saturated rings. The molecule has 2 unspecified atom stereocenters. The van der Waals surface area contributed by atoms with E-state index >= 15 is 0 Å². The van der Waals surface area contributed by atoms with Gasteiger partial charge in [0.25, 0.3) is 0 Å². The Balaban J connectivity index is 0.000000427. The normalized spacial score (nSPS) is 16.3. The summed E-state index contributed by atoms with van der Waals surface area (Å²) >= 11 is 0. The summed E-state index contributed by atoms with van der Waals surface area (Å²) < 4.78 is 0. The molecule has 0 radical (unpaired) electrons. The first kappa shape index (κ1) is 30.6. The molecule has 0 aliphatic carbocycles. The van der Waals surface area contributed by atoms with Crippen LogP contribution in [0.3, 0.4) is 0 Å². The summed E-state index contributed by atoms with van der Waals surface area (Å²) in [7, 11) is 1.95. The minimum absolute atomic E-state index is 0.00711. The number of likely N-dealkylation sites (N-methyl/N-ethyl adjacent to an activating group) is 2. The van der Waals surface area contributed by atoms with Crippen molar-refractivity contribution in [2.24, 2.45) is 11.3 Å². The fourth-order valence-corrected chi connectivity index (χ4v) is 3.92. The number of hydrogen-bond acceptors (Lipinski definition) is 7. The van der Waals surface area contributed by atoms with Crippen molar-refractivity contribution >= 4 is 12.3 Å². The number of nitrogens with one attached hydrogen (secondary N) is 3. The average Bonchev–Trinajstić information content (AvgIpc) is 3.30. The number of hydrazine groups is 1. The molecule has 1 aliphatic rings. The first-order chi connectivity index (χ1) is 16.7. The quantitative estimate of drug-likeness (QED) is 0.117. The first-order valence-corrected chi connectivity index (χ1v) is 12.2. The van der Waals surface area contributed by atoms with Gasteiger partial charge in [-0.3, -0.25) is 15.4 Å². The van der Waals surface area contributed by atoms with Crippen molar-refractivity contribution < 1.29 is 14.7 Å². The van der Waals surface area contributed by atoms with E-state index in [1.165, 1.54) is 0 Å². The fraction of sp³-hybridized carbons (Fsp3) is 0.615. The highest BCUT2D eigenvalue weighted by Crippen LogP contribution is 2.27. The van der Waals surface area contributed by atoms with Crippen LogP contribution in [0, 0.1) is 17.8 Å². The van der Waals surface area contributed by atoms with Gasteiger partial charge < -0.3 is 25.5 Å². The first-order valence-electron chi connectivity index (χ1n) is 12.2. The number of nitrogens with zero attached hydrogens (tertiary/aromatic N) is 2. The van der Waals surface area contributed by atoms with Crippen LogP contribution in [-0.2, 0) is 16.1 Å². The molecule has 1 aliphatic heterocycles. The van der Waals surface area contributed by atoms with Crippen molar-refractivity contribution in [3.05, 3.63) is 35.4 Å². The largest absolute Gasteiger partial charge is 0.391 e. The molecule has 1 heterocycles. The topological polar surface area (TPSA) is 123 Å². The molecule has 9 heteroatoms. The van der Waals surface area contributed by atoms with E-state index in [9.17, 15) is 14.7 Å². The Bertz CT molecular complexity index is 793. The molecule has 1 aromatic rings. The number of carbonyl (C=O) groups excluding carboxylic acids is 2. The maximum atomic E-state index is 12.7. The second-order valence-electron chi connectivity index (χ2n) is 9.44. The lowest BCUT2D eigenvalue weighted by Crippen LogP contribution is -2.56. The number of amides is 2. The molecule has 0 saturated carbocycles. The molecule has 2 atom stereocenters. The van der Waals surface area contributed by atoms with E-state index in [4.69, 9.17) is 12.3 Å². The lowest BCUT2D eigenvalue weighted by atomic mass is 9.80. The molecule has 0 aromatic heterocycles. The van der Waals surface area contributed by atoms with Crippen LogP contribution >= 0.6 is 0 Å². The molecule has 6 N–H and O–H groups in total. The molecular weight excluding hydrogens is 444 g/mol. The molecule has 35 heavy (non-hydrogen) atoms. The predicted octanol–water partition coefficient (Wildman–Crippen LogP) is 0.283. The van der Waals surface area contributed by atoms with Gasteiger partial charge in [-0.05, 0) is 56.1 Å². The van der Waals surface area contributed by atoms with Crippen LogP contribution in [0.25, 0.3) is 0 Å². The van der Waals surface area contributed by atoms with Crippen LogP contribution in [0.5, 0.6) is 0 Å². The molecule has 1 aromatic carbocycles. The number of hydrogen-bond donors (Lipinski definition) is 5. The third-order valence-electron chi connectivity index (χ3n) is 6.38. The van der Waals surface area contributed by atoms with Crippen LogP contribution < -0.4 is 21.9 Å². The summed E-state index contributed by atoms with van der Waals surface area (Å²) in [6.45, 7) is 11.7. The third kappa shape index (κ3) is 10.8. The predicted molar refractivity (Wildman–Crippen MR) is 140 cm³/mol. The van der Waals surface area contributed by atoms with Crippen molar-refractivity contribution in [3.8, 4) is 12.3 Å². The van der Waals surface area contributed by atoms with Gasteiger partial charge in [-0.1, -0.05) is 38.8 Å². The smallest absolute Gasteiger partial charge is 0.241 e. The lowest BCUT2D eigenvalue weighted by molar-refractivity contribution is -0.136. The average molecular weight is 489 g/mol. The summed E-state index contributed by atoms with van der Waals surface area (Å²) in [4.78, 5) is 26.8. The zero-order valence-corrected chi connectivity index (χ0v) is 21.7. The van der Waals surface area contributed by atoms with Crippen molar-refractivity contribution in [3.63, 3.8) is 0 Å². The Labute approximate surface area is 210 Å². The lowest BCUT2D eigenvalue weighted by Gasteiger charge is -2.36. The monoisotopic (exact) mass is 488 g/mol. The summed E-state index contributed by atoms with van der Waals surface area (Å²) in [6.07, 6.45) is 6.98. The molecule has 196 valence electrons. The van der Waals surface area contributed by atoms with Gasteiger partial charge in [-0.2, -0.15) is 0 Å². The Hall–Kier alpha value is -2.48. The standard InChI is InChI=1S/C16H35N5O2.C10H9NO/c1-5-20(11-8-18-4)10-7-16(2,3)14(19-17)15(23)21-9-6-13(22)12-21;1-2-9-3-5-10(6-4-9)7-11-8-12/h13-14,18-19,22H,5-12,17H2,1-4H3;1,3-6,8H,7H2,(H,11,12). The van der Waals surface area contributed by atoms with Crippen molar-refractivity contribution in [2.75, 3.05) is 46.3 Å². The van der Waals surface area contributed by atoms with E-state index in [-0.39, 0.29) is 11.3 Å². The highest BCUT2D eigenvalue weighted by Gasteiger charge is 2.38. The number of aliphatic hydroxyl groups is 1. The SMILES string of the molecule is C#Cc1ccc(CNC=O)cc1.CCN(CCNC)CCC(C)(C)C(NN)C(=O)N1CCC(O)C1. The minimum atomic E-state index is -0.434. The molecule has 9 nitrogen and oxygen atoms in total. The van der Waals surface area contributed by atoms with E-state index in [2.05, 4.69) is 47.7 Å². The van der Waals surface area contributed by atoms with Gasteiger partial charge in [0.1, 0.15) is 6.04 Å². The van der Waals surface area contributed by atoms with Crippen molar-refractivity contribution in [2.45, 2.75) is 52.3 Å². The van der Waals surface area contributed by atoms with Crippen molar-refractivity contribution in [1.82, 2.24) is 25.9 Å². The Morgan fingerprint density at radius 1 is 1.37 bits per heavy atom. The van der Waals surface area contributed by atoms with Gasteiger partial charge in [0.05, 0.1) is 6.10 Å². The second-order valence-corrected chi connectivity index (χ2v) is 9.44. The van der Waals surface area contributed by atoms with Gasteiger partial charge >= 0.3 is 0 Å². The van der Waals surface area contributed by atoms with E-state index in [0.717, 1.165) is 43.7 Å². The van der Waals surface area contributed by atoms with E-state index in [1.807, 2.05) is 31.3 Å². The summed E-state index contributed by atoms with van der Waals surface area (Å²) in [5, 5.41) is 15.4. The van der Waals surface area contributed by atoms with Crippen LogP contribution in [0.2, 0.25) is 0 Å². The molecule has 2 rings (SSSR count). The maximum Gasteiger partial charge on any atom is 0.241 e.